The van der Waals surface area contributed by atoms with E-state index in [4.69, 9.17) is 11.6 Å². The van der Waals surface area contributed by atoms with Crippen molar-refractivity contribution in [2.75, 3.05) is 39.8 Å². The average Bonchev–Trinajstić information content (AvgIpc) is 2.70. The molecule has 1 amide bonds. The summed E-state index contributed by atoms with van der Waals surface area (Å²) in [6.07, 6.45) is 0.669. The van der Waals surface area contributed by atoms with Crippen molar-refractivity contribution < 1.29 is 13.2 Å². The molecule has 2 aromatic rings. The van der Waals surface area contributed by atoms with Gasteiger partial charge in [-0.05, 0) is 49.4 Å². The van der Waals surface area contributed by atoms with Crippen LogP contribution in [0.15, 0.2) is 53.4 Å². The fourth-order valence-electron chi connectivity index (χ4n) is 3.05. The first-order chi connectivity index (χ1) is 13.4. The summed E-state index contributed by atoms with van der Waals surface area (Å²) in [5.74, 6) is -0.288. The van der Waals surface area contributed by atoms with Crippen LogP contribution in [-0.2, 0) is 16.4 Å². The summed E-state index contributed by atoms with van der Waals surface area (Å²) in [4.78, 5) is 14.7. The van der Waals surface area contributed by atoms with Gasteiger partial charge >= 0.3 is 0 Å². The van der Waals surface area contributed by atoms with E-state index in [2.05, 4.69) is 10.2 Å². The molecule has 1 heterocycles. The highest BCUT2D eigenvalue weighted by Gasteiger charge is 2.27. The number of benzene rings is 2. The van der Waals surface area contributed by atoms with Crippen LogP contribution in [0.3, 0.4) is 0 Å². The third kappa shape index (κ3) is 5.11. The van der Waals surface area contributed by atoms with Gasteiger partial charge in [0.1, 0.15) is 0 Å². The standard InChI is InChI=1S/C20H24ClN3O3S/c1-23-11-13-24(14-12-23)28(26,27)19-4-2-3-17(15-19)20(25)22-10-9-16-5-7-18(21)8-6-16/h2-8,15H,9-14H2,1H3,(H,22,25). The van der Waals surface area contributed by atoms with Crippen molar-refractivity contribution in [3.8, 4) is 0 Å². The van der Waals surface area contributed by atoms with Gasteiger partial charge in [-0.2, -0.15) is 4.31 Å². The summed E-state index contributed by atoms with van der Waals surface area (Å²) >= 11 is 5.87. The maximum absolute atomic E-state index is 12.9. The van der Waals surface area contributed by atoms with E-state index >= 15 is 0 Å². The Balaban J connectivity index is 1.63. The summed E-state index contributed by atoms with van der Waals surface area (Å²) in [6.45, 7) is 2.76. The van der Waals surface area contributed by atoms with E-state index in [9.17, 15) is 13.2 Å². The predicted octanol–water partition coefficient (Wildman–Crippen LogP) is 2.25. The Morgan fingerprint density at radius 2 is 1.75 bits per heavy atom. The number of hydrogen-bond donors (Lipinski definition) is 1. The average molecular weight is 422 g/mol. The second-order valence-corrected chi connectivity index (χ2v) is 9.24. The molecule has 1 fully saturated rings. The Morgan fingerprint density at radius 3 is 2.43 bits per heavy atom. The smallest absolute Gasteiger partial charge is 0.251 e. The van der Waals surface area contributed by atoms with E-state index in [1.54, 1.807) is 12.1 Å². The van der Waals surface area contributed by atoms with Crippen molar-refractivity contribution in [1.82, 2.24) is 14.5 Å². The van der Waals surface area contributed by atoms with E-state index in [1.165, 1.54) is 16.4 Å². The Morgan fingerprint density at radius 1 is 1.07 bits per heavy atom. The number of likely N-dealkylation sites (N-methyl/N-ethyl adjacent to an activating group) is 1. The zero-order valence-electron chi connectivity index (χ0n) is 15.8. The van der Waals surface area contributed by atoms with Crippen molar-refractivity contribution in [1.29, 1.82) is 0 Å². The first-order valence-electron chi connectivity index (χ1n) is 9.18. The molecular weight excluding hydrogens is 398 g/mol. The van der Waals surface area contributed by atoms with Gasteiger partial charge in [0.25, 0.3) is 5.91 Å². The quantitative estimate of drug-likeness (QED) is 0.776. The Labute approximate surface area is 171 Å². The molecule has 1 aliphatic rings. The van der Waals surface area contributed by atoms with Gasteiger partial charge in [-0.15, -0.1) is 0 Å². The Hall–Kier alpha value is -1.93. The first-order valence-corrected chi connectivity index (χ1v) is 11.0. The number of nitrogens with one attached hydrogen (secondary N) is 1. The normalized spacial score (nSPS) is 16.1. The van der Waals surface area contributed by atoms with E-state index in [1.807, 2.05) is 31.3 Å². The molecule has 8 heteroatoms. The number of sulfonamides is 1. The van der Waals surface area contributed by atoms with Crippen LogP contribution in [0.4, 0.5) is 0 Å². The van der Waals surface area contributed by atoms with Crippen LogP contribution < -0.4 is 5.32 Å². The molecule has 2 aromatic carbocycles. The van der Waals surface area contributed by atoms with E-state index < -0.39 is 10.0 Å². The number of carbonyl (C=O) groups excluding carboxylic acids is 1. The molecule has 0 aromatic heterocycles. The minimum absolute atomic E-state index is 0.155. The number of hydrogen-bond acceptors (Lipinski definition) is 4. The molecule has 0 saturated carbocycles. The highest BCUT2D eigenvalue weighted by molar-refractivity contribution is 7.89. The van der Waals surface area contributed by atoms with Crippen LogP contribution >= 0.6 is 11.6 Å². The largest absolute Gasteiger partial charge is 0.352 e. The lowest BCUT2D eigenvalue weighted by molar-refractivity contribution is 0.0954. The van der Waals surface area contributed by atoms with E-state index in [0.717, 1.165) is 5.56 Å². The lowest BCUT2D eigenvalue weighted by Gasteiger charge is -2.31. The molecule has 1 saturated heterocycles. The molecule has 0 radical (unpaired) electrons. The fourth-order valence-corrected chi connectivity index (χ4v) is 4.64. The minimum Gasteiger partial charge on any atom is -0.352 e. The number of piperazine rings is 1. The Bertz CT molecular complexity index is 924. The van der Waals surface area contributed by atoms with Gasteiger partial charge in [0.15, 0.2) is 0 Å². The van der Waals surface area contributed by atoms with Crippen LogP contribution in [0.5, 0.6) is 0 Å². The molecule has 6 nitrogen and oxygen atoms in total. The Kier molecular flexibility index (Phi) is 6.72. The monoisotopic (exact) mass is 421 g/mol. The van der Waals surface area contributed by atoms with Gasteiger partial charge < -0.3 is 10.2 Å². The van der Waals surface area contributed by atoms with E-state index in [0.29, 0.717) is 49.7 Å². The molecule has 0 spiro atoms. The summed E-state index contributed by atoms with van der Waals surface area (Å²) < 4.78 is 27.2. The summed E-state index contributed by atoms with van der Waals surface area (Å²) in [6, 6.07) is 13.7. The van der Waals surface area contributed by atoms with Crippen LogP contribution in [0.2, 0.25) is 5.02 Å². The molecule has 28 heavy (non-hydrogen) atoms. The van der Waals surface area contributed by atoms with Crippen molar-refractivity contribution in [2.45, 2.75) is 11.3 Å². The van der Waals surface area contributed by atoms with Crippen LogP contribution in [0.25, 0.3) is 0 Å². The second kappa shape index (κ2) is 9.05. The van der Waals surface area contributed by atoms with Gasteiger partial charge in [0, 0.05) is 43.3 Å². The molecular formula is C20H24ClN3O3S. The third-order valence-corrected chi connectivity index (χ3v) is 6.96. The maximum Gasteiger partial charge on any atom is 0.251 e. The topological polar surface area (TPSA) is 69.7 Å². The molecule has 3 rings (SSSR count). The van der Waals surface area contributed by atoms with Crippen LogP contribution in [0.1, 0.15) is 15.9 Å². The highest BCUT2D eigenvalue weighted by atomic mass is 35.5. The van der Waals surface area contributed by atoms with E-state index in [-0.39, 0.29) is 10.8 Å². The number of amides is 1. The lowest BCUT2D eigenvalue weighted by atomic mass is 10.1. The summed E-state index contributed by atoms with van der Waals surface area (Å²) in [5.41, 5.74) is 1.41. The molecule has 0 atom stereocenters. The fraction of sp³-hybridized carbons (Fsp3) is 0.350. The molecule has 1 N–H and O–H groups in total. The van der Waals surface area contributed by atoms with Crippen LogP contribution in [0, 0.1) is 0 Å². The number of nitrogens with zero attached hydrogens (tertiary/aromatic N) is 2. The molecule has 0 bridgehead atoms. The van der Waals surface area contributed by atoms with Crippen molar-refractivity contribution in [3.63, 3.8) is 0 Å². The maximum atomic E-state index is 12.9. The van der Waals surface area contributed by atoms with Gasteiger partial charge in [0.2, 0.25) is 10.0 Å². The molecule has 0 unspecified atom stereocenters. The zero-order chi connectivity index (χ0) is 20.1. The van der Waals surface area contributed by atoms with Crippen LogP contribution in [-0.4, -0.2) is 63.3 Å². The molecule has 0 aliphatic carbocycles. The van der Waals surface area contributed by atoms with Crippen molar-refractivity contribution >= 4 is 27.5 Å². The van der Waals surface area contributed by atoms with Gasteiger partial charge in [-0.1, -0.05) is 29.8 Å². The second-order valence-electron chi connectivity index (χ2n) is 6.87. The number of rotatable bonds is 6. The van der Waals surface area contributed by atoms with Gasteiger partial charge in [-0.3, -0.25) is 4.79 Å². The lowest BCUT2D eigenvalue weighted by Crippen LogP contribution is -2.47. The number of halogens is 1. The third-order valence-electron chi connectivity index (χ3n) is 4.81. The summed E-state index contributed by atoms with van der Waals surface area (Å²) in [5, 5.41) is 3.51. The zero-order valence-corrected chi connectivity index (χ0v) is 17.3. The highest BCUT2D eigenvalue weighted by Crippen LogP contribution is 2.18. The molecule has 1 aliphatic heterocycles. The first kappa shape index (κ1) is 20.8. The van der Waals surface area contributed by atoms with Gasteiger partial charge in [-0.25, -0.2) is 8.42 Å². The minimum atomic E-state index is -3.59. The SMILES string of the molecule is CN1CCN(S(=O)(=O)c2cccc(C(=O)NCCc3ccc(Cl)cc3)c2)CC1. The van der Waals surface area contributed by atoms with Gasteiger partial charge in [0.05, 0.1) is 4.90 Å². The summed E-state index contributed by atoms with van der Waals surface area (Å²) in [7, 11) is -1.62. The molecule has 150 valence electrons. The van der Waals surface area contributed by atoms with Crippen molar-refractivity contribution in [2.24, 2.45) is 0 Å². The van der Waals surface area contributed by atoms with Crippen molar-refractivity contribution in [3.05, 3.63) is 64.7 Å². The predicted molar refractivity (Wildman–Crippen MR) is 110 cm³/mol. The number of carbonyl (C=O) groups is 1.